The van der Waals surface area contributed by atoms with Gasteiger partial charge in [0.05, 0.1) is 0 Å². The first-order chi connectivity index (χ1) is 10.1. The van der Waals surface area contributed by atoms with Crippen molar-refractivity contribution < 1.29 is 4.79 Å². The van der Waals surface area contributed by atoms with Crippen LogP contribution in [0.15, 0.2) is 24.3 Å². The number of hydrogen-bond acceptors (Lipinski definition) is 3. The van der Waals surface area contributed by atoms with Crippen LogP contribution in [0.1, 0.15) is 24.8 Å². The number of rotatable bonds is 4. The van der Waals surface area contributed by atoms with Gasteiger partial charge in [-0.05, 0) is 55.5 Å². The third-order valence-electron chi connectivity index (χ3n) is 5.00. The van der Waals surface area contributed by atoms with Gasteiger partial charge in [0.2, 0.25) is 5.91 Å². The summed E-state index contributed by atoms with van der Waals surface area (Å²) in [5.74, 6) is 0.490. The summed E-state index contributed by atoms with van der Waals surface area (Å²) < 4.78 is 0. The van der Waals surface area contributed by atoms with Crippen LogP contribution in [0.25, 0.3) is 0 Å². The van der Waals surface area contributed by atoms with Crippen molar-refractivity contribution in [2.45, 2.75) is 25.8 Å². The molecule has 1 aliphatic heterocycles. The highest BCUT2D eigenvalue weighted by molar-refractivity contribution is 5.82. The van der Waals surface area contributed by atoms with Crippen molar-refractivity contribution in [2.75, 3.05) is 32.1 Å². The number of carbonyl (C=O) groups excluding carboxylic acids is 1. The van der Waals surface area contributed by atoms with Crippen LogP contribution >= 0.6 is 0 Å². The molecular formula is C17H25N3O. The van der Waals surface area contributed by atoms with Gasteiger partial charge in [0.25, 0.3) is 0 Å². The van der Waals surface area contributed by atoms with E-state index in [0.29, 0.717) is 12.0 Å². The number of nitrogens with zero attached hydrogens (tertiary/aromatic N) is 1. The van der Waals surface area contributed by atoms with Gasteiger partial charge in [0, 0.05) is 32.2 Å². The standard InChI is InChI=1S/C17H25N3O/c1-20(2)14-5-3-4-13(10-14)12-19-16(21)15-11-17(15)6-8-18-9-7-17/h3-5,10,15,18H,6-9,11-12H2,1-2H3,(H,19,21). The van der Waals surface area contributed by atoms with Crippen LogP contribution in [0, 0.1) is 11.3 Å². The fourth-order valence-electron chi connectivity index (χ4n) is 3.45. The highest BCUT2D eigenvalue weighted by Crippen LogP contribution is 2.58. The molecule has 1 aromatic rings. The second-order valence-corrected chi connectivity index (χ2v) is 6.65. The molecule has 1 spiro atoms. The second-order valence-electron chi connectivity index (χ2n) is 6.65. The SMILES string of the molecule is CN(C)c1cccc(CNC(=O)C2CC23CCNCC3)c1. The second kappa shape index (κ2) is 5.68. The van der Waals surface area contributed by atoms with Crippen molar-refractivity contribution in [1.82, 2.24) is 10.6 Å². The molecule has 1 saturated carbocycles. The van der Waals surface area contributed by atoms with Crippen molar-refractivity contribution in [3.8, 4) is 0 Å². The molecule has 4 heteroatoms. The van der Waals surface area contributed by atoms with Gasteiger partial charge in [-0.2, -0.15) is 0 Å². The molecule has 21 heavy (non-hydrogen) atoms. The van der Waals surface area contributed by atoms with Crippen LogP contribution < -0.4 is 15.5 Å². The average molecular weight is 287 g/mol. The number of nitrogens with one attached hydrogen (secondary N) is 2. The Morgan fingerprint density at radius 3 is 2.86 bits per heavy atom. The fourth-order valence-corrected chi connectivity index (χ4v) is 3.45. The Hall–Kier alpha value is -1.55. The molecule has 0 radical (unpaired) electrons. The molecule has 1 aromatic carbocycles. The van der Waals surface area contributed by atoms with Crippen molar-refractivity contribution in [1.29, 1.82) is 0 Å². The van der Waals surface area contributed by atoms with Crippen LogP contribution in [0.5, 0.6) is 0 Å². The molecule has 1 saturated heterocycles. The molecule has 1 atom stereocenters. The lowest BCUT2D eigenvalue weighted by Gasteiger charge is -2.23. The van der Waals surface area contributed by atoms with E-state index in [1.165, 1.54) is 5.69 Å². The Bertz CT molecular complexity index is 521. The molecule has 2 N–H and O–H groups in total. The summed E-state index contributed by atoms with van der Waals surface area (Å²) in [6.07, 6.45) is 3.39. The van der Waals surface area contributed by atoms with E-state index >= 15 is 0 Å². The Morgan fingerprint density at radius 1 is 1.38 bits per heavy atom. The van der Waals surface area contributed by atoms with E-state index < -0.39 is 0 Å². The lowest BCUT2D eigenvalue weighted by molar-refractivity contribution is -0.123. The zero-order valence-electron chi connectivity index (χ0n) is 13.0. The Kier molecular flexibility index (Phi) is 3.89. The Morgan fingerprint density at radius 2 is 2.14 bits per heavy atom. The van der Waals surface area contributed by atoms with Crippen molar-refractivity contribution in [3.05, 3.63) is 29.8 Å². The topological polar surface area (TPSA) is 44.4 Å². The number of anilines is 1. The highest BCUT2D eigenvalue weighted by Gasteiger charge is 2.57. The maximum atomic E-state index is 12.3. The average Bonchev–Trinajstić information content (AvgIpc) is 3.19. The zero-order valence-corrected chi connectivity index (χ0v) is 13.0. The van der Waals surface area contributed by atoms with E-state index in [2.05, 4.69) is 33.7 Å². The first-order valence-corrected chi connectivity index (χ1v) is 7.85. The molecule has 2 aliphatic rings. The predicted octanol–water partition coefficient (Wildman–Crippen LogP) is 1.76. The van der Waals surface area contributed by atoms with Crippen LogP contribution in [0.3, 0.4) is 0 Å². The quantitative estimate of drug-likeness (QED) is 0.887. The van der Waals surface area contributed by atoms with E-state index in [4.69, 9.17) is 0 Å². The Balaban J connectivity index is 1.54. The largest absolute Gasteiger partial charge is 0.378 e. The van der Waals surface area contributed by atoms with Crippen molar-refractivity contribution >= 4 is 11.6 Å². The molecule has 1 unspecified atom stereocenters. The number of amides is 1. The summed E-state index contributed by atoms with van der Waals surface area (Å²) in [5.41, 5.74) is 2.65. The minimum absolute atomic E-state index is 0.243. The summed E-state index contributed by atoms with van der Waals surface area (Å²) in [7, 11) is 4.06. The first-order valence-electron chi connectivity index (χ1n) is 7.85. The van der Waals surface area contributed by atoms with Crippen LogP contribution in [0.4, 0.5) is 5.69 Å². The van der Waals surface area contributed by atoms with E-state index in [1.807, 2.05) is 20.2 Å². The third kappa shape index (κ3) is 3.05. The number of hydrogen-bond donors (Lipinski definition) is 2. The molecule has 1 amide bonds. The van der Waals surface area contributed by atoms with E-state index in [-0.39, 0.29) is 11.8 Å². The first kappa shape index (κ1) is 14.4. The minimum atomic E-state index is 0.243. The number of piperidine rings is 1. The molecular weight excluding hydrogens is 262 g/mol. The third-order valence-corrected chi connectivity index (χ3v) is 5.00. The molecule has 0 bridgehead atoms. The van der Waals surface area contributed by atoms with Gasteiger partial charge in [-0.25, -0.2) is 0 Å². The van der Waals surface area contributed by atoms with Crippen LogP contribution in [0.2, 0.25) is 0 Å². The smallest absolute Gasteiger partial charge is 0.223 e. The van der Waals surface area contributed by atoms with Gasteiger partial charge < -0.3 is 15.5 Å². The monoisotopic (exact) mass is 287 g/mol. The maximum absolute atomic E-state index is 12.3. The van der Waals surface area contributed by atoms with Gasteiger partial charge in [-0.15, -0.1) is 0 Å². The normalized spacial score (nSPS) is 22.9. The molecule has 1 heterocycles. The molecule has 3 rings (SSSR count). The van der Waals surface area contributed by atoms with Gasteiger partial charge in [-0.3, -0.25) is 4.79 Å². The molecule has 4 nitrogen and oxygen atoms in total. The van der Waals surface area contributed by atoms with Gasteiger partial charge >= 0.3 is 0 Å². The molecule has 114 valence electrons. The minimum Gasteiger partial charge on any atom is -0.378 e. The Labute approximate surface area is 126 Å². The van der Waals surface area contributed by atoms with E-state index in [1.54, 1.807) is 0 Å². The van der Waals surface area contributed by atoms with Crippen molar-refractivity contribution in [2.24, 2.45) is 11.3 Å². The van der Waals surface area contributed by atoms with Crippen LogP contribution in [-0.4, -0.2) is 33.1 Å². The summed E-state index contributed by atoms with van der Waals surface area (Å²) >= 11 is 0. The predicted molar refractivity (Wildman–Crippen MR) is 85.3 cm³/mol. The van der Waals surface area contributed by atoms with E-state index in [0.717, 1.165) is 37.9 Å². The van der Waals surface area contributed by atoms with Crippen LogP contribution in [-0.2, 0) is 11.3 Å². The summed E-state index contributed by atoms with van der Waals surface area (Å²) in [6, 6.07) is 8.33. The van der Waals surface area contributed by atoms with Gasteiger partial charge in [0.1, 0.15) is 0 Å². The van der Waals surface area contributed by atoms with E-state index in [9.17, 15) is 4.79 Å². The molecule has 2 fully saturated rings. The van der Waals surface area contributed by atoms with Gasteiger partial charge in [-0.1, -0.05) is 12.1 Å². The lowest BCUT2D eigenvalue weighted by Crippen LogP contribution is -2.33. The maximum Gasteiger partial charge on any atom is 0.223 e. The lowest BCUT2D eigenvalue weighted by atomic mass is 9.92. The molecule has 0 aromatic heterocycles. The zero-order chi connectivity index (χ0) is 14.9. The van der Waals surface area contributed by atoms with Crippen molar-refractivity contribution in [3.63, 3.8) is 0 Å². The summed E-state index contributed by atoms with van der Waals surface area (Å²) in [6.45, 7) is 2.76. The summed E-state index contributed by atoms with van der Waals surface area (Å²) in [4.78, 5) is 14.4. The number of carbonyl (C=O) groups is 1. The highest BCUT2D eigenvalue weighted by atomic mass is 16.2. The van der Waals surface area contributed by atoms with Gasteiger partial charge in [0.15, 0.2) is 0 Å². The fraction of sp³-hybridized carbons (Fsp3) is 0.588. The summed E-state index contributed by atoms with van der Waals surface area (Å²) in [5, 5.41) is 6.50. The number of benzene rings is 1. The molecule has 1 aliphatic carbocycles.